The first-order valence-electron chi connectivity index (χ1n) is 16.0. The Hall–Kier alpha value is -3.92. The highest BCUT2D eigenvalue weighted by atomic mass is 32.2. The van der Waals surface area contributed by atoms with Gasteiger partial charge < -0.3 is 20.2 Å². The van der Waals surface area contributed by atoms with Gasteiger partial charge in [-0.25, -0.2) is 13.1 Å². The van der Waals surface area contributed by atoms with Crippen LogP contribution in [0.1, 0.15) is 41.7 Å². The number of amides is 3. The van der Waals surface area contributed by atoms with Crippen LogP contribution in [0.4, 0.5) is 13.2 Å². The van der Waals surface area contributed by atoms with Gasteiger partial charge in [0.2, 0.25) is 15.9 Å². The van der Waals surface area contributed by atoms with Gasteiger partial charge in [-0.3, -0.25) is 14.4 Å². The number of hydrogen-bond donors (Lipinski definition) is 3. The molecule has 0 bridgehead atoms. The highest BCUT2D eigenvalue weighted by molar-refractivity contribution is 8.00. The summed E-state index contributed by atoms with van der Waals surface area (Å²) in [6.07, 6.45) is -6.97. The lowest BCUT2D eigenvalue weighted by Gasteiger charge is -2.33. The lowest BCUT2D eigenvalue weighted by Crippen LogP contribution is -2.58. The standard InChI is InChI=1S/C35H39F3N4O6S2/c1-22-9-7-8-12-25(22)19-39-31(44)30-34(2,3)49-21-42(30)32(45)29(43)28(17-23-10-5-4-6-11-23)40-50(47,48)27-14-13-24-15-16-41(20-26(24)18-27)33(46)35(36,37)38/h4-14,18,28-30,40,43H,15-17,19-21H2,1-3H3,(H,39,44)/t28-,29-,30+/m0/s1. The number of thioether (sulfide) groups is 1. The molecule has 3 aromatic rings. The molecule has 3 amide bonds. The number of rotatable bonds is 10. The van der Waals surface area contributed by atoms with Gasteiger partial charge in [0.25, 0.3) is 5.91 Å². The Morgan fingerprint density at radius 3 is 2.38 bits per heavy atom. The molecule has 0 radical (unpaired) electrons. The molecule has 0 aromatic heterocycles. The molecule has 3 atom stereocenters. The van der Waals surface area contributed by atoms with Gasteiger partial charge in [0.1, 0.15) is 12.1 Å². The van der Waals surface area contributed by atoms with Gasteiger partial charge in [-0.05, 0) is 73.6 Å². The first-order chi connectivity index (χ1) is 23.5. The molecule has 2 aliphatic heterocycles. The molecule has 3 N–H and O–H groups in total. The molecule has 268 valence electrons. The smallest absolute Gasteiger partial charge is 0.382 e. The van der Waals surface area contributed by atoms with Crippen LogP contribution in [0.2, 0.25) is 0 Å². The summed E-state index contributed by atoms with van der Waals surface area (Å²) < 4.78 is 68.6. The number of aliphatic hydroxyl groups excluding tert-OH is 1. The third-order valence-electron chi connectivity index (χ3n) is 9.06. The molecule has 0 aliphatic carbocycles. The predicted octanol–water partition coefficient (Wildman–Crippen LogP) is 3.69. The SMILES string of the molecule is Cc1ccccc1CNC(=O)[C@H]1N(C(=O)[C@@H](O)[C@H](Cc2ccccc2)NS(=O)(=O)c2ccc3c(c2)CN(C(=O)C(F)(F)F)CC3)CSC1(C)C. The highest BCUT2D eigenvalue weighted by Gasteiger charge is 2.50. The van der Waals surface area contributed by atoms with Crippen molar-refractivity contribution >= 4 is 39.5 Å². The zero-order chi connectivity index (χ0) is 36.4. The van der Waals surface area contributed by atoms with Crippen molar-refractivity contribution < 1.29 is 41.1 Å². The number of benzene rings is 3. The monoisotopic (exact) mass is 732 g/mol. The summed E-state index contributed by atoms with van der Waals surface area (Å²) in [6, 6.07) is 17.8. The van der Waals surface area contributed by atoms with E-state index in [0.29, 0.717) is 16.0 Å². The molecule has 0 saturated carbocycles. The summed E-state index contributed by atoms with van der Waals surface area (Å²) in [5.41, 5.74) is 3.35. The Bertz CT molecular complexity index is 1860. The maximum atomic E-state index is 14.0. The molecule has 1 fully saturated rings. The molecule has 0 unspecified atom stereocenters. The number of nitrogens with one attached hydrogen (secondary N) is 2. The molecular formula is C35H39F3N4O6S2. The average molecular weight is 733 g/mol. The largest absolute Gasteiger partial charge is 0.471 e. The van der Waals surface area contributed by atoms with Gasteiger partial charge in [0.15, 0.2) is 0 Å². The normalized spacial score (nSPS) is 18.7. The fraction of sp³-hybridized carbons (Fsp3) is 0.400. The van der Waals surface area contributed by atoms with E-state index in [1.54, 1.807) is 30.3 Å². The van der Waals surface area contributed by atoms with Crippen molar-refractivity contribution in [1.82, 2.24) is 19.8 Å². The zero-order valence-electron chi connectivity index (χ0n) is 27.7. The lowest BCUT2D eigenvalue weighted by atomic mass is 9.97. The minimum absolute atomic E-state index is 0.0775. The minimum Gasteiger partial charge on any atom is -0.382 e. The number of carbonyl (C=O) groups is 3. The number of carbonyl (C=O) groups excluding carboxylic acids is 3. The lowest BCUT2D eigenvalue weighted by molar-refractivity contribution is -0.186. The topological polar surface area (TPSA) is 136 Å². The quantitative estimate of drug-likeness (QED) is 0.290. The van der Waals surface area contributed by atoms with E-state index in [-0.39, 0.29) is 42.3 Å². The summed E-state index contributed by atoms with van der Waals surface area (Å²) in [4.78, 5) is 41.1. The fourth-order valence-electron chi connectivity index (χ4n) is 6.25. The van der Waals surface area contributed by atoms with E-state index in [1.807, 2.05) is 45.0 Å². The second-order valence-electron chi connectivity index (χ2n) is 13.0. The Kier molecular flexibility index (Phi) is 11.0. The maximum Gasteiger partial charge on any atom is 0.471 e. The molecule has 2 aliphatic rings. The van der Waals surface area contributed by atoms with E-state index in [4.69, 9.17) is 0 Å². The number of halogens is 3. The second kappa shape index (κ2) is 14.7. The number of fused-ring (bicyclic) bond motifs is 1. The van der Waals surface area contributed by atoms with Gasteiger partial charge in [0, 0.05) is 24.4 Å². The number of aryl methyl sites for hydroxylation is 1. The third-order valence-corrected chi connectivity index (χ3v) is 11.9. The van der Waals surface area contributed by atoms with Gasteiger partial charge in [-0.1, -0.05) is 60.7 Å². The van der Waals surface area contributed by atoms with E-state index < -0.39 is 63.4 Å². The summed E-state index contributed by atoms with van der Waals surface area (Å²) >= 11 is 1.35. The molecule has 1 saturated heterocycles. The molecular weight excluding hydrogens is 694 g/mol. The first-order valence-corrected chi connectivity index (χ1v) is 18.4. The van der Waals surface area contributed by atoms with Crippen molar-refractivity contribution in [2.75, 3.05) is 12.4 Å². The number of hydrogen-bond acceptors (Lipinski definition) is 7. The van der Waals surface area contributed by atoms with Crippen molar-refractivity contribution in [3.63, 3.8) is 0 Å². The average Bonchev–Trinajstić information content (AvgIpc) is 3.40. The van der Waals surface area contributed by atoms with Crippen LogP contribution in [0.25, 0.3) is 0 Å². The Labute approximate surface area is 293 Å². The van der Waals surface area contributed by atoms with Crippen LogP contribution in [0.15, 0.2) is 77.7 Å². The van der Waals surface area contributed by atoms with E-state index in [0.717, 1.165) is 11.1 Å². The molecule has 50 heavy (non-hydrogen) atoms. The molecule has 15 heteroatoms. The number of nitrogens with zero attached hydrogens (tertiary/aromatic N) is 2. The van der Waals surface area contributed by atoms with Gasteiger partial charge in [-0.2, -0.15) is 13.2 Å². The third kappa shape index (κ3) is 8.33. The zero-order valence-corrected chi connectivity index (χ0v) is 29.4. The fourth-order valence-corrected chi connectivity index (χ4v) is 8.68. The predicted molar refractivity (Wildman–Crippen MR) is 182 cm³/mol. The van der Waals surface area contributed by atoms with Crippen LogP contribution in [0.3, 0.4) is 0 Å². The molecule has 5 rings (SSSR count). The maximum absolute atomic E-state index is 14.0. The van der Waals surface area contributed by atoms with E-state index in [2.05, 4.69) is 10.0 Å². The summed E-state index contributed by atoms with van der Waals surface area (Å²) in [5, 5.41) is 14.5. The van der Waals surface area contributed by atoms with Crippen LogP contribution >= 0.6 is 11.8 Å². The summed E-state index contributed by atoms with van der Waals surface area (Å²) in [7, 11) is -4.47. The van der Waals surface area contributed by atoms with Crippen molar-refractivity contribution in [3.8, 4) is 0 Å². The molecule has 10 nitrogen and oxygen atoms in total. The van der Waals surface area contributed by atoms with Crippen molar-refractivity contribution in [3.05, 3.63) is 101 Å². The van der Waals surface area contributed by atoms with Crippen LogP contribution in [-0.4, -0.2) is 82.6 Å². The second-order valence-corrected chi connectivity index (χ2v) is 16.3. The number of sulfonamides is 1. The van der Waals surface area contributed by atoms with Crippen LogP contribution in [-0.2, 0) is 50.3 Å². The van der Waals surface area contributed by atoms with Crippen molar-refractivity contribution in [2.24, 2.45) is 0 Å². The number of alkyl halides is 3. The van der Waals surface area contributed by atoms with Gasteiger partial charge in [-0.15, -0.1) is 11.8 Å². The van der Waals surface area contributed by atoms with Crippen LogP contribution in [0, 0.1) is 6.92 Å². The summed E-state index contributed by atoms with van der Waals surface area (Å²) in [6.45, 7) is 5.19. The van der Waals surface area contributed by atoms with E-state index in [9.17, 15) is 41.1 Å². The Morgan fingerprint density at radius 2 is 1.70 bits per heavy atom. The highest BCUT2D eigenvalue weighted by Crippen LogP contribution is 2.40. The Balaban J connectivity index is 1.38. The van der Waals surface area contributed by atoms with Crippen LogP contribution in [0.5, 0.6) is 0 Å². The molecule has 2 heterocycles. The van der Waals surface area contributed by atoms with E-state index >= 15 is 0 Å². The molecule has 0 spiro atoms. The first kappa shape index (κ1) is 37.3. The summed E-state index contributed by atoms with van der Waals surface area (Å²) in [5.74, 6) is -3.19. The van der Waals surface area contributed by atoms with Crippen LogP contribution < -0.4 is 10.0 Å². The van der Waals surface area contributed by atoms with Crippen molar-refractivity contribution in [1.29, 1.82) is 0 Å². The minimum atomic E-state index is -5.07. The van der Waals surface area contributed by atoms with Gasteiger partial charge in [0.05, 0.1) is 16.8 Å². The van der Waals surface area contributed by atoms with E-state index in [1.165, 1.54) is 34.9 Å². The number of aliphatic hydroxyl groups is 1. The van der Waals surface area contributed by atoms with Crippen molar-refractivity contribution in [2.45, 2.75) is 80.7 Å². The Morgan fingerprint density at radius 1 is 1.02 bits per heavy atom. The van der Waals surface area contributed by atoms with Gasteiger partial charge >= 0.3 is 12.1 Å². The molecule has 3 aromatic carbocycles.